The first-order chi connectivity index (χ1) is 11.7. The SMILES string of the molecule is CCCCCC(CCC/C=C/C=C/C=C/C=C/C=C/C(=O)O)OO. The smallest absolute Gasteiger partial charge is 0.328 e. The predicted molar refractivity (Wildman–Crippen MR) is 98.8 cm³/mol. The fraction of sp³-hybridized carbons (Fsp3) is 0.450. The molecular formula is C20H30O4. The Labute approximate surface area is 145 Å². The minimum Gasteiger partial charge on any atom is -0.478 e. The number of carboxylic acid groups (broad SMARTS) is 1. The van der Waals surface area contributed by atoms with Crippen molar-refractivity contribution in [2.75, 3.05) is 0 Å². The molecule has 1 atom stereocenters. The van der Waals surface area contributed by atoms with Crippen molar-refractivity contribution >= 4 is 5.97 Å². The molecule has 2 N–H and O–H groups in total. The van der Waals surface area contributed by atoms with Crippen LogP contribution >= 0.6 is 0 Å². The van der Waals surface area contributed by atoms with E-state index in [2.05, 4.69) is 17.9 Å². The van der Waals surface area contributed by atoms with Crippen LogP contribution in [0.15, 0.2) is 60.8 Å². The highest BCUT2D eigenvalue weighted by Gasteiger charge is 2.07. The number of carboxylic acids is 1. The van der Waals surface area contributed by atoms with E-state index in [1.54, 1.807) is 12.2 Å². The van der Waals surface area contributed by atoms with Gasteiger partial charge in [0.1, 0.15) is 0 Å². The molecule has 4 heteroatoms. The monoisotopic (exact) mass is 334 g/mol. The van der Waals surface area contributed by atoms with Gasteiger partial charge in [-0.2, -0.15) is 0 Å². The topological polar surface area (TPSA) is 66.8 Å². The molecule has 0 saturated carbocycles. The van der Waals surface area contributed by atoms with Crippen LogP contribution in [0.4, 0.5) is 0 Å². The Balaban J connectivity index is 3.74. The highest BCUT2D eigenvalue weighted by atomic mass is 17.1. The zero-order valence-electron chi connectivity index (χ0n) is 14.5. The summed E-state index contributed by atoms with van der Waals surface area (Å²) in [5.41, 5.74) is 0. The van der Waals surface area contributed by atoms with Crippen LogP contribution in [0, 0.1) is 0 Å². The lowest BCUT2D eigenvalue weighted by Crippen LogP contribution is -2.10. The summed E-state index contributed by atoms with van der Waals surface area (Å²) < 4.78 is 0. The number of aliphatic carboxylic acids is 1. The zero-order valence-corrected chi connectivity index (χ0v) is 14.5. The minimum atomic E-state index is -0.952. The predicted octanol–water partition coefficient (Wildman–Crippen LogP) is 5.46. The van der Waals surface area contributed by atoms with Gasteiger partial charge >= 0.3 is 5.97 Å². The van der Waals surface area contributed by atoms with E-state index in [-0.39, 0.29) is 6.10 Å². The first-order valence-electron chi connectivity index (χ1n) is 8.57. The lowest BCUT2D eigenvalue weighted by atomic mass is 10.1. The van der Waals surface area contributed by atoms with Gasteiger partial charge in [0, 0.05) is 6.08 Å². The number of hydrogen-bond acceptors (Lipinski definition) is 3. The molecule has 0 bridgehead atoms. The second-order valence-corrected chi connectivity index (χ2v) is 5.43. The van der Waals surface area contributed by atoms with Crippen LogP contribution in [0.25, 0.3) is 0 Å². The van der Waals surface area contributed by atoms with Gasteiger partial charge in [-0.15, -0.1) is 0 Å². The molecule has 0 rings (SSSR count). The molecule has 0 aromatic heterocycles. The minimum absolute atomic E-state index is 0.0367. The van der Waals surface area contributed by atoms with Gasteiger partial charge in [-0.3, -0.25) is 5.26 Å². The maximum absolute atomic E-state index is 10.2. The van der Waals surface area contributed by atoms with E-state index >= 15 is 0 Å². The Morgan fingerprint density at radius 3 is 2.08 bits per heavy atom. The van der Waals surface area contributed by atoms with Crippen LogP contribution in [0.2, 0.25) is 0 Å². The Morgan fingerprint density at radius 1 is 0.917 bits per heavy atom. The summed E-state index contributed by atoms with van der Waals surface area (Å²) >= 11 is 0. The third-order valence-electron chi connectivity index (χ3n) is 3.33. The summed E-state index contributed by atoms with van der Waals surface area (Å²) in [4.78, 5) is 14.7. The molecule has 0 spiro atoms. The maximum atomic E-state index is 10.2. The summed E-state index contributed by atoms with van der Waals surface area (Å²) in [5.74, 6) is -0.952. The largest absolute Gasteiger partial charge is 0.478 e. The van der Waals surface area contributed by atoms with Gasteiger partial charge in [0.05, 0.1) is 6.10 Å². The zero-order chi connectivity index (χ0) is 17.9. The number of hydrogen-bond donors (Lipinski definition) is 2. The van der Waals surface area contributed by atoms with Gasteiger partial charge in [-0.25, -0.2) is 9.68 Å². The van der Waals surface area contributed by atoms with E-state index in [9.17, 15) is 4.79 Å². The van der Waals surface area contributed by atoms with Crippen LogP contribution < -0.4 is 0 Å². The molecule has 0 heterocycles. The van der Waals surface area contributed by atoms with Crippen molar-refractivity contribution in [3.05, 3.63) is 60.8 Å². The normalized spacial score (nSPS) is 14.1. The number of unbranched alkanes of at least 4 members (excludes halogenated alkanes) is 3. The highest BCUT2D eigenvalue weighted by molar-refractivity contribution is 5.80. The molecule has 0 amide bonds. The van der Waals surface area contributed by atoms with E-state index in [0.717, 1.165) is 38.2 Å². The molecule has 0 aliphatic rings. The van der Waals surface area contributed by atoms with Crippen molar-refractivity contribution in [3.63, 3.8) is 0 Å². The second-order valence-electron chi connectivity index (χ2n) is 5.43. The average molecular weight is 334 g/mol. The quantitative estimate of drug-likeness (QED) is 0.145. The Morgan fingerprint density at radius 2 is 1.50 bits per heavy atom. The number of rotatable bonds is 14. The van der Waals surface area contributed by atoms with E-state index in [1.165, 1.54) is 18.9 Å². The standard InChI is InChI=1S/C20H30O4/c1-2-3-13-16-19(24-23)17-14-11-9-7-5-4-6-8-10-12-15-18-20(21)22/h4-10,12,15,18-19,23H,2-3,11,13-14,16-17H2,1H3,(H,21,22)/b5-4+,8-6+,9-7+,12-10+,18-15+. The summed E-state index contributed by atoms with van der Waals surface area (Å²) in [6.45, 7) is 2.16. The molecule has 0 aliphatic carbocycles. The molecular weight excluding hydrogens is 304 g/mol. The summed E-state index contributed by atoms with van der Waals surface area (Å²) in [6, 6.07) is 0. The second kappa shape index (κ2) is 17.4. The first kappa shape index (κ1) is 22.1. The lowest BCUT2D eigenvalue weighted by molar-refractivity contribution is -0.281. The molecule has 134 valence electrons. The highest BCUT2D eigenvalue weighted by Crippen LogP contribution is 2.12. The lowest BCUT2D eigenvalue weighted by Gasteiger charge is -2.11. The van der Waals surface area contributed by atoms with Crippen LogP contribution in [-0.4, -0.2) is 22.4 Å². The van der Waals surface area contributed by atoms with Crippen molar-refractivity contribution in [1.29, 1.82) is 0 Å². The fourth-order valence-corrected chi connectivity index (χ4v) is 2.03. The molecule has 0 aliphatic heterocycles. The van der Waals surface area contributed by atoms with Crippen molar-refractivity contribution in [3.8, 4) is 0 Å². The molecule has 0 aromatic rings. The van der Waals surface area contributed by atoms with Gasteiger partial charge in [0.15, 0.2) is 0 Å². The maximum Gasteiger partial charge on any atom is 0.328 e. The van der Waals surface area contributed by atoms with Gasteiger partial charge in [0.25, 0.3) is 0 Å². The number of allylic oxidation sites excluding steroid dienone is 9. The van der Waals surface area contributed by atoms with E-state index in [1.807, 2.05) is 30.4 Å². The van der Waals surface area contributed by atoms with Gasteiger partial charge < -0.3 is 5.11 Å². The van der Waals surface area contributed by atoms with E-state index < -0.39 is 5.97 Å². The van der Waals surface area contributed by atoms with Crippen LogP contribution in [0.5, 0.6) is 0 Å². The summed E-state index contributed by atoms with van der Waals surface area (Å²) in [5, 5.41) is 17.2. The van der Waals surface area contributed by atoms with Gasteiger partial charge in [0.2, 0.25) is 0 Å². The molecule has 1 unspecified atom stereocenters. The summed E-state index contributed by atoms with van der Waals surface area (Å²) in [7, 11) is 0. The van der Waals surface area contributed by atoms with Crippen LogP contribution in [0.3, 0.4) is 0 Å². The molecule has 0 saturated heterocycles. The Bertz CT molecular complexity index is 445. The number of carbonyl (C=O) groups is 1. The molecule has 0 radical (unpaired) electrons. The van der Waals surface area contributed by atoms with Crippen molar-refractivity contribution in [1.82, 2.24) is 0 Å². The Kier molecular flexibility index (Phi) is 16.1. The van der Waals surface area contributed by atoms with Gasteiger partial charge in [-0.1, -0.05) is 80.9 Å². The third kappa shape index (κ3) is 16.5. The average Bonchev–Trinajstić information content (AvgIpc) is 2.57. The first-order valence-corrected chi connectivity index (χ1v) is 8.57. The van der Waals surface area contributed by atoms with Crippen molar-refractivity contribution in [2.24, 2.45) is 0 Å². The third-order valence-corrected chi connectivity index (χ3v) is 3.33. The van der Waals surface area contributed by atoms with Crippen LogP contribution in [-0.2, 0) is 9.68 Å². The van der Waals surface area contributed by atoms with Crippen molar-refractivity contribution in [2.45, 2.75) is 58.0 Å². The van der Waals surface area contributed by atoms with E-state index in [4.69, 9.17) is 10.4 Å². The fourth-order valence-electron chi connectivity index (χ4n) is 2.03. The van der Waals surface area contributed by atoms with Gasteiger partial charge in [-0.05, 0) is 25.7 Å². The molecule has 4 nitrogen and oxygen atoms in total. The molecule has 0 aromatic carbocycles. The molecule has 24 heavy (non-hydrogen) atoms. The van der Waals surface area contributed by atoms with Crippen molar-refractivity contribution < 1.29 is 20.0 Å². The molecule has 0 fully saturated rings. The summed E-state index contributed by atoms with van der Waals surface area (Å²) in [6.07, 6.45) is 24.8. The van der Waals surface area contributed by atoms with Crippen LogP contribution in [0.1, 0.15) is 51.9 Å². The van der Waals surface area contributed by atoms with E-state index in [0.29, 0.717) is 0 Å². The Hall–Kier alpha value is -1.91.